The van der Waals surface area contributed by atoms with Gasteiger partial charge < -0.3 is 29.4 Å². The van der Waals surface area contributed by atoms with Crippen LogP contribution in [0.15, 0.2) is 58.3 Å². The Kier molecular flexibility index (Phi) is 7.13. The first-order valence-corrected chi connectivity index (χ1v) is 10.1. The van der Waals surface area contributed by atoms with Gasteiger partial charge in [0.05, 0.1) is 37.8 Å². The molecule has 2 amide bonds. The van der Waals surface area contributed by atoms with E-state index in [2.05, 4.69) is 10.6 Å². The van der Waals surface area contributed by atoms with Crippen molar-refractivity contribution in [3.8, 4) is 5.75 Å². The van der Waals surface area contributed by atoms with E-state index in [9.17, 15) is 9.59 Å². The third kappa shape index (κ3) is 5.21. The lowest BCUT2D eigenvalue weighted by Crippen LogP contribution is -3.08. The molecular formula is C22H28N3O5+. The highest BCUT2D eigenvalue weighted by Gasteiger charge is 2.36. The van der Waals surface area contributed by atoms with Gasteiger partial charge in [-0.2, -0.15) is 0 Å². The highest BCUT2D eigenvalue weighted by Crippen LogP contribution is 2.27. The zero-order valence-corrected chi connectivity index (χ0v) is 17.5. The SMILES string of the molecule is CCOC(=O)C1=C(C[NH+](C)Cc2ccc(OCC)cc2)NC(=O)N[C@H]1c1ccco1. The van der Waals surface area contributed by atoms with Gasteiger partial charge in [0.25, 0.3) is 0 Å². The Morgan fingerprint density at radius 2 is 1.90 bits per heavy atom. The van der Waals surface area contributed by atoms with Crippen LogP contribution in [0.25, 0.3) is 0 Å². The fraction of sp³-hybridized carbons (Fsp3) is 0.364. The second kappa shape index (κ2) is 9.98. The minimum atomic E-state index is -0.693. The maximum Gasteiger partial charge on any atom is 0.338 e. The van der Waals surface area contributed by atoms with Gasteiger partial charge in [0, 0.05) is 5.56 Å². The number of urea groups is 1. The van der Waals surface area contributed by atoms with E-state index in [0.717, 1.165) is 16.2 Å². The van der Waals surface area contributed by atoms with Crippen molar-refractivity contribution in [3.63, 3.8) is 0 Å². The lowest BCUT2D eigenvalue weighted by Gasteiger charge is -2.28. The highest BCUT2D eigenvalue weighted by molar-refractivity contribution is 5.95. The van der Waals surface area contributed by atoms with Crippen LogP contribution in [0, 0.1) is 0 Å². The predicted octanol–water partition coefficient (Wildman–Crippen LogP) is 1.56. The summed E-state index contributed by atoms with van der Waals surface area (Å²) in [4.78, 5) is 26.1. The Hall–Kier alpha value is -3.26. The molecule has 2 atom stereocenters. The quantitative estimate of drug-likeness (QED) is 0.542. The van der Waals surface area contributed by atoms with Crippen molar-refractivity contribution in [3.05, 3.63) is 65.3 Å². The number of carbonyl (C=O) groups excluding carboxylic acids is 2. The maximum absolute atomic E-state index is 12.7. The van der Waals surface area contributed by atoms with Crippen LogP contribution in [0.5, 0.6) is 5.75 Å². The summed E-state index contributed by atoms with van der Waals surface area (Å²) in [6.45, 7) is 5.71. The van der Waals surface area contributed by atoms with Gasteiger partial charge in [0.15, 0.2) is 0 Å². The number of furan rings is 1. The van der Waals surface area contributed by atoms with Gasteiger partial charge in [-0.1, -0.05) is 0 Å². The molecular weight excluding hydrogens is 386 g/mol. The fourth-order valence-corrected chi connectivity index (χ4v) is 3.46. The molecule has 0 aliphatic carbocycles. The zero-order chi connectivity index (χ0) is 21.5. The summed E-state index contributed by atoms with van der Waals surface area (Å²) in [6.07, 6.45) is 1.51. The molecule has 160 valence electrons. The first-order valence-electron chi connectivity index (χ1n) is 10.1. The van der Waals surface area contributed by atoms with E-state index in [1.54, 1.807) is 19.1 Å². The highest BCUT2D eigenvalue weighted by atomic mass is 16.5. The number of hydrogen-bond donors (Lipinski definition) is 3. The molecule has 0 bridgehead atoms. The van der Waals surface area contributed by atoms with Gasteiger partial charge >= 0.3 is 12.0 Å². The van der Waals surface area contributed by atoms with Gasteiger partial charge in [-0.3, -0.25) is 0 Å². The summed E-state index contributed by atoms with van der Waals surface area (Å²) in [7, 11) is 2.00. The molecule has 30 heavy (non-hydrogen) atoms. The number of rotatable bonds is 9. The van der Waals surface area contributed by atoms with Crippen LogP contribution < -0.4 is 20.3 Å². The van der Waals surface area contributed by atoms with Crippen molar-refractivity contribution >= 4 is 12.0 Å². The van der Waals surface area contributed by atoms with Crippen LogP contribution in [-0.4, -0.2) is 38.8 Å². The molecule has 0 radical (unpaired) electrons. The molecule has 3 rings (SSSR count). The van der Waals surface area contributed by atoms with Crippen LogP contribution in [0.1, 0.15) is 31.2 Å². The van der Waals surface area contributed by atoms with Crippen molar-refractivity contribution in [1.82, 2.24) is 10.6 Å². The van der Waals surface area contributed by atoms with Crippen molar-refractivity contribution in [2.75, 3.05) is 26.8 Å². The van der Waals surface area contributed by atoms with Crippen LogP contribution >= 0.6 is 0 Å². The minimum Gasteiger partial charge on any atom is -0.494 e. The Balaban J connectivity index is 1.82. The second-order valence-electron chi connectivity index (χ2n) is 7.05. The summed E-state index contributed by atoms with van der Waals surface area (Å²) in [5, 5.41) is 5.54. The van der Waals surface area contributed by atoms with E-state index in [4.69, 9.17) is 13.9 Å². The van der Waals surface area contributed by atoms with Crippen molar-refractivity contribution in [2.45, 2.75) is 26.4 Å². The van der Waals surface area contributed by atoms with E-state index < -0.39 is 12.0 Å². The van der Waals surface area contributed by atoms with E-state index in [-0.39, 0.29) is 12.6 Å². The molecule has 2 heterocycles. The standard InChI is InChI=1S/C22H27N3O5/c1-4-28-16-10-8-15(9-11-16)13-25(3)14-17-19(21(26)29-5-2)20(24-22(27)23-17)18-7-6-12-30-18/h6-12,20H,4-5,13-14H2,1-3H3,(H2,23,24,27)/p+1/t20-/m0/s1. The van der Waals surface area contributed by atoms with Crippen molar-refractivity contribution in [1.29, 1.82) is 0 Å². The Morgan fingerprint density at radius 3 is 2.53 bits per heavy atom. The first-order chi connectivity index (χ1) is 14.5. The van der Waals surface area contributed by atoms with Gasteiger partial charge in [0.1, 0.15) is 30.6 Å². The lowest BCUT2D eigenvalue weighted by molar-refractivity contribution is -0.889. The number of carbonyl (C=O) groups is 2. The molecule has 3 N–H and O–H groups in total. The third-order valence-corrected chi connectivity index (χ3v) is 4.70. The molecule has 0 spiro atoms. The third-order valence-electron chi connectivity index (χ3n) is 4.70. The number of nitrogens with one attached hydrogen (secondary N) is 3. The molecule has 1 aromatic carbocycles. The molecule has 1 aromatic heterocycles. The number of amides is 2. The van der Waals surface area contributed by atoms with Crippen LogP contribution in [0.3, 0.4) is 0 Å². The molecule has 0 saturated carbocycles. The Bertz CT molecular complexity index is 890. The van der Waals surface area contributed by atoms with Gasteiger partial charge in [-0.25, -0.2) is 9.59 Å². The van der Waals surface area contributed by atoms with E-state index in [0.29, 0.717) is 36.7 Å². The molecule has 0 fully saturated rings. The summed E-state index contributed by atoms with van der Waals surface area (Å²) >= 11 is 0. The molecule has 1 aliphatic heterocycles. The number of quaternary nitrogens is 1. The average molecular weight is 414 g/mol. The normalized spacial score (nSPS) is 17.2. The lowest BCUT2D eigenvalue weighted by atomic mass is 10.00. The predicted molar refractivity (Wildman–Crippen MR) is 110 cm³/mol. The number of benzene rings is 1. The maximum atomic E-state index is 12.7. The van der Waals surface area contributed by atoms with Gasteiger partial charge in [0.2, 0.25) is 0 Å². The molecule has 1 unspecified atom stereocenters. The van der Waals surface area contributed by atoms with Crippen LogP contribution in [0.4, 0.5) is 4.79 Å². The second-order valence-corrected chi connectivity index (χ2v) is 7.05. The number of hydrogen-bond acceptors (Lipinski definition) is 5. The monoisotopic (exact) mass is 414 g/mol. The van der Waals surface area contributed by atoms with E-state index in [1.165, 1.54) is 6.26 Å². The van der Waals surface area contributed by atoms with Crippen LogP contribution in [-0.2, 0) is 16.1 Å². The number of ether oxygens (including phenoxy) is 2. The summed E-state index contributed by atoms with van der Waals surface area (Å²) < 4.78 is 16.2. The molecule has 1 aliphatic rings. The minimum absolute atomic E-state index is 0.239. The first kappa shape index (κ1) is 21.4. The fourth-order valence-electron chi connectivity index (χ4n) is 3.46. The van der Waals surface area contributed by atoms with Crippen molar-refractivity contribution < 1.29 is 28.4 Å². The molecule has 8 heteroatoms. The molecule has 2 aromatic rings. The van der Waals surface area contributed by atoms with Gasteiger partial charge in [-0.05, 0) is 50.2 Å². The van der Waals surface area contributed by atoms with Gasteiger partial charge in [-0.15, -0.1) is 0 Å². The van der Waals surface area contributed by atoms with E-state index in [1.807, 2.05) is 38.2 Å². The average Bonchev–Trinajstić information content (AvgIpc) is 3.24. The number of esters is 1. The topological polar surface area (TPSA) is 94.2 Å². The summed E-state index contributed by atoms with van der Waals surface area (Å²) in [6, 6.07) is 10.3. The smallest absolute Gasteiger partial charge is 0.338 e. The zero-order valence-electron chi connectivity index (χ0n) is 17.5. The van der Waals surface area contributed by atoms with Crippen LogP contribution in [0.2, 0.25) is 0 Å². The Morgan fingerprint density at radius 1 is 1.13 bits per heavy atom. The largest absolute Gasteiger partial charge is 0.494 e. The summed E-state index contributed by atoms with van der Waals surface area (Å²) in [5.74, 6) is 0.836. The van der Waals surface area contributed by atoms with Crippen molar-refractivity contribution in [2.24, 2.45) is 0 Å². The summed E-state index contributed by atoms with van der Waals surface area (Å²) in [5.41, 5.74) is 2.01. The van der Waals surface area contributed by atoms with E-state index >= 15 is 0 Å². The Labute approximate surface area is 175 Å². The molecule has 0 saturated heterocycles. The number of likely N-dealkylation sites (N-methyl/N-ethyl adjacent to an activating group) is 1. The molecule has 8 nitrogen and oxygen atoms in total.